The topological polar surface area (TPSA) is 15.6 Å². The van der Waals surface area contributed by atoms with Crippen molar-refractivity contribution in [2.24, 2.45) is 4.99 Å². The lowest BCUT2D eigenvalue weighted by Gasteiger charge is -2.28. The van der Waals surface area contributed by atoms with E-state index < -0.39 is 0 Å². The van der Waals surface area contributed by atoms with E-state index in [1.165, 1.54) is 11.1 Å². The second kappa shape index (κ2) is 5.53. The summed E-state index contributed by atoms with van der Waals surface area (Å²) in [5.74, 6) is 1.09. The maximum absolute atomic E-state index is 6.54. The van der Waals surface area contributed by atoms with Gasteiger partial charge >= 0.3 is 0 Å². The fraction of sp³-hybridized carbons (Fsp3) is 0.278. The third-order valence-electron chi connectivity index (χ3n) is 4.01. The van der Waals surface area contributed by atoms with Crippen LogP contribution < -0.4 is 0 Å². The van der Waals surface area contributed by atoms with Crippen LogP contribution in [-0.2, 0) is 6.42 Å². The number of hydrogen-bond acceptors (Lipinski definition) is 2. The molecular weight excluding hydrogens is 280 g/mol. The SMILES string of the molecule is Cc1cccc(C2N=C(N(C)C)Cc3ccccc32)c1Cl. The van der Waals surface area contributed by atoms with Crippen LogP contribution in [0.15, 0.2) is 47.5 Å². The maximum atomic E-state index is 6.54. The number of aliphatic imine (C=N–C) groups is 1. The molecule has 2 aromatic carbocycles. The average molecular weight is 299 g/mol. The number of aryl methyl sites for hydroxylation is 1. The second-order valence-corrected chi connectivity index (χ2v) is 6.07. The smallest absolute Gasteiger partial charge is 0.104 e. The minimum Gasteiger partial charge on any atom is -0.366 e. The lowest BCUT2D eigenvalue weighted by Crippen LogP contribution is -2.28. The zero-order chi connectivity index (χ0) is 15.0. The number of rotatable bonds is 1. The molecule has 1 aliphatic rings. The number of halogens is 1. The number of likely N-dealkylation sites (N-methyl/N-ethyl adjacent to an activating group) is 1. The summed E-state index contributed by atoms with van der Waals surface area (Å²) in [6.45, 7) is 2.04. The van der Waals surface area contributed by atoms with Crippen LogP contribution in [0.2, 0.25) is 5.02 Å². The van der Waals surface area contributed by atoms with Gasteiger partial charge in [0.25, 0.3) is 0 Å². The summed E-state index contributed by atoms with van der Waals surface area (Å²) in [5, 5.41) is 0.820. The predicted molar refractivity (Wildman–Crippen MR) is 89.3 cm³/mol. The zero-order valence-corrected chi connectivity index (χ0v) is 13.4. The van der Waals surface area contributed by atoms with Gasteiger partial charge in [-0.25, -0.2) is 0 Å². The van der Waals surface area contributed by atoms with Crippen molar-refractivity contribution < 1.29 is 0 Å². The van der Waals surface area contributed by atoms with Crippen LogP contribution in [0.4, 0.5) is 0 Å². The molecule has 0 saturated carbocycles. The highest BCUT2D eigenvalue weighted by molar-refractivity contribution is 6.32. The van der Waals surface area contributed by atoms with Crippen LogP contribution in [-0.4, -0.2) is 24.8 Å². The van der Waals surface area contributed by atoms with E-state index in [4.69, 9.17) is 16.6 Å². The third-order valence-corrected chi connectivity index (χ3v) is 4.53. The van der Waals surface area contributed by atoms with Gasteiger partial charge in [-0.05, 0) is 29.2 Å². The molecule has 3 heteroatoms. The molecular formula is C18H19ClN2. The van der Waals surface area contributed by atoms with Crippen molar-refractivity contribution in [2.45, 2.75) is 19.4 Å². The molecule has 0 N–H and O–H groups in total. The Bertz CT molecular complexity index is 704. The zero-order valence-electron chi connectivity index (χ0n) is 12.6. The van der Waals surface area contributed by atoms with E-state index in [1.54, 1.807) is 0 Å². The molecule has 0 aromatic heterocycles. The Balaban J connectivity index is 2.17. The Kier molecular flexibility index (Phi) is 3.73. The van der Waals surface area contributed by atoms with Crippen molar-refractivity contribution in [1.82, 2.24) is 4.90 Å². The van der Waals surface area contributed by atoms with E-state index in [0.717, 1.165) is 28.4 Å². The summed E-state index contributed by atoms with van der Waals surface area (Å²) in [6.07, 6.45) is 0.878. The standard InChI is InChI=1S/C18H19ClN2/c1-12-7-6-10-15(17(12)19)18-14-9-5-4-8-13(14)11-16(20-18)21(2)3/h4-10,18H,11H2,1-3H3. The monoisotopic (exact) mass is 298 g/mol. The molecule has 1 aliphatic heterocycles. The number of fused-ring (bicyclic) bond motifs is 1. The average Bonchev–Trinajstić information content (AvgIpc) is 2.49. The molecule has 0 spiro atoms. The molecule has 1 heterocycles. The Morgan fingerprint density at radius 2 is 1.76 bits per heavy atom. The molecule has 3 rings (SSSR count). The molecule has 0 radical (unpaired) electrons. The summed E-state index contributed by atoms with van der Waals surface area (Å²) in [6, 6.07) is 14.7. The Morgan fingerprint density at radius 3 is 2.52 bits per heavy atom. The van der Waals surface area contributed by atoms with Gasteiger partial charge in [-0.3, -0.25) is 4.99 Å². The van der Waals surface area contributed by atoms with Crippen LogP contribution in [0.1, 0.15) is 28.3 Å². The molecule has 21 heavy (non-hydrogen) atoms. The fourth-order valence-corrected chi connectivity index (χ4v) is 3.02. The van der Waals surface area contributed by atoms with Crippen molar-refractivity contribution in [2.75, 3.05) is 14.1 Å². The molecule has 1 unspecified atom stereocenters. The quantitative estimate of drug-likeness (QED) is 0.768. The Hall–Kier alpha value is -1.80. The van der Waals surface area contributed by atoms with Crippen LogP contribution in [0, 0.1) is 6.92 Å². The highest BCUT2D eigenvalue weighted by atomic mass is 35.5. The van der Waals surface area contributed by atoms with Crippen LogP contribution in [0.25, 0.3) is 0 Å². The fourth-order valence-electron chi connectivity index (χ4n) is 2.79. The van der Waals surface area contributed by atoms with E-state index >= 15 is 0 Å². The molecule has 1 atom stereocenters. The van der Waals surface area contributed by atoms with Crippen molar-refractivity contribution in [3.8, 4) is 0 Å². The van der Waals surface area contributed by atoms with Crippen LogP contribution in [0.5, 0.6) is 0 Å². The van der Waals surface area contributed by atoms with Gasteiger partial charge in [0.1, 0.15) is 11.9 Å². The van der Waals surface area contributed by atoms with E-state index in [9.17, 15) is 0 Å². The number of benzene rings is 2. The van der Waals surface area contributed by atoms with Gasteiger partial charge in [0, 0.05) is 25.5 Å². The highest BCUT2D eigenvalue weighted by Gasteiger charge is 2.25. The maximum Gasteiger partial charge on any atom is 0.104 e. The summed E-state index contributed by atoms with van der Waals surface area (Å²) in [4.78, 5) is 7.04. The number of nitrogens with zero attached hydrogens (tertiary/aromatic N) is 2. The minimum atomic E-state index is -0.0141. The Morgan fingerprint density at radius 1 is 1.05 bits per heavy atom. The van der Waals surface area contributed by atoms with Gasteiger partial charge in [0.15, 0.2) is 0 Å². The van der Waals surface area contributed by atoms with Crippen molar-refractivity contribution >= 4 is 17.4 Å². The summed E-state index contributed by atoms with van der Waals surface area (Å²) in [5.41, 5.74) is 4.77. The number of hydrogen-bond donors (Lipinski definition) is 0. The van der Waals surface area contributed by atoms with Gasteiger partial charge in [-0.1, -0.05) is 54.1 Å². The highest BCUT2D eigenvalue weighted by Crippen LogP contribution is 2.37. The van der Waals surface area contributed by atoms with Gasteiger partial charge in [-0.2, -0.15) is 0 Å². The minimum absolute atomic E-state index is 0.0141. The normalized spacial score (nSPS) is 17.1. The van der Waals surface area contributed by atoms with Gasteiger partial charge in [-0.15, -0.1) is 0 Å². The molecule has 0 bridgehead atoms. The molecule has 0 fully saturated rings. The third kappa shape index (κ3) is 2.56. The molecule has 108 valence electrons. The lowest BCUT2D eigenvalue weighted by molar-refractivity contribution is 0.592. The first-order valence-corrected chi connectivity index (χ1v) is 7.52. The first-order valence-electron chi connectivity index (χ1n) is 7.14. The molecule has 0 saturated heterocycles. The van der Waals surface area contributed by atoms with Gasteiger partial charge in [0.2, 0.25) is 0 Å². The van der Waals surface area contributed by atoms with Gasteiger partial charge < -0.3 is 4.90 Å². The van der Waals surface area contributed by atoms with E-state index in [0.29, 0.717) is 0 Å². The largest absolute Gasteiger partial charge is 0.366 e. The lowest BCUT2D eigenvalue weighted by atomic mass is 9.90. The molecule has 0 amide bonds. The molecule has 0 aliphatic carbocycles. The Labute approximate surface area is 131 Å². The molecule has 2 aromatic rings. The van der Waals surface area contributed by atoms with Gasteiger partial charge in [0.05, 0.1) is 0 Å². The summed E-state index contributed by atoms with van der Waals surface area (Å²) >= 11 is 6.54. The summed E-state index contributed by atoms with van der Waals surface area (Å²) in [7, 11) is 4.09. The van der Waals surface area contributed by atoms with E-state index in [2.05, 4.69) is 41.3 Å². The first kappa shape index (κ1) is 14.2. The predicted octanol–water partition coefficient (Wildman–Crippen LogP) is 4.25. The van der Waals surface area contributed by atoms with E-state index in [-0.39, 0.29) is 6.04 Å². The molecule has 2 nitrogen and oxygen atoms in total. The summed E-state index contributed by atoms with van der Waals surface area (Å²) < 4.78 is 0. The van der Waals surface area contributed by atoms with Crippen LogP contribution >= 0.6 is 11.6 Å². The van der Waals surface area contributed by atoms with Crippen molar-refractivity contribution in [1.29, 1.82) is 0 Å². The van der Waals surface area contributed by atoms with Crippen LogP contribution in [0.3, 0.4) is 0 Å². The second-order valence-electron chi connectivity index (χ2n) is 5.70. The number of amidine groups is 1. The van der Waals surface area contributed by atoms with Crippen molar-refractivity contribution in [3.05, 3.63) is 69.7 Å². The van der Waals surface area contributed by atoms with Crippen molar-refractivity contribution in [3.63, 3.8) is 0 Å². The first-order chi connectivity index (χ1) is 10.1. The van der Waals surface area contributed by atoms with E-state index in [1.807, 2.05) is 27.1 Å².